The Hall–Kier alpha value is -0.660. The third kappa shape index (κ3) is 7.96. The van der Waals surface area contributed by atoms with Crippen molar-refractivity contribution in [1.82, 2.24) is 0 Å². The fourth-order valence-electron chi connectivity index (χ4n) is 1.40. The predicted molar refractivity (Wildman–Crippen MR) is 62.2 cm³/mol. The van der Waals surface area contributed by atoms with Gasteiger partial charge in [-0.15, -0.1) is 4.91 Å². The molecule has 0 aromatic rings. The zero-order valence-corrected chi connectivity index (χ0v) is 9.59. The van der Waals surface area contributed by atoms with Crippen molar-refractivity contribution < 1.29 is 0 Å². The molecule has 0 aliphatic carbocycles. The van der Waals surface area contributed by atoms with Crippen LogP contribution in [0.4, 0.5) is 0 Å². The van der Waals surface area contributed by atoms with Crippen molar-refractivity contribution in [3.8, 4) is 0 Å². The maximum atomic E-state index is 10.4. The lowest BCUT2D eigenvalue weighted by Gasteiger charge is -1.98. The van der Waals surface area contributed by atoms with Gasteiger partial charge in [0, 0.05) is 0 Å². The highest BCUT2D eigenvalue weighted by atomic mass is 16.3. The molecule has 2 nitrogen and oxygen atoms in total. The summed E-state index contributed by atoms with van der Waals surface area (Å²) in [4.78, 5) is 10.4. The third-order valence-electron chi connectivity index (χ3n) is 2.34. The minimum absolute atomic E-state index is 0.759. The lowest BCUT2D eigenvalue weighted by molar-refractivity contribution is 0.697. The summed E-state index contributed by atoms with van der Waals surface area (Å²) in [6, 6.07) is 0. The molecule has 0 radical (unpaired) electrons. The summed E-state index contributed by atoms with van der Waals surface area (Å²) in [6.07, 6.45) is 11.0. The second-order valence-corrected chi connectivity index (χ2v) is 3.74. The van der Waals surface area contributed by atoms with Gasteiger partial charge in [0.05, 0.1) is 5.70 Å². The summed E-state index contributed by atoms with van der Waals surface area (Å²) in [5, 5.41) is 3.07. The summed E-state index contributed by atoms with van der Waals surface area (Å²) < 4.78 is 0. The fourth-order valence-corrected chi connectivity index (χ4v) is 1.40. The Morgan fingerprint density at radius 1 is 1.07 bits per heavy atom. The molecule has 0 aromatic heterocycles. The number of allylic oxidation sites excluding steroid dienone is 2. The molecule has 2 heteroatoms. The van der Waals surface area contributed by atoms with Crippen LogP contribution in [0.3, 0.4) is 0 Å². The molecule has 82 valence electrons. The summed E-state index contributed by atoms with van der Waals surface area (Å²) in [5.41, 5.74) is 0.759. The summed E-state index contributed by atoms with van der Waals surface area (Å²) in [6.45, 7) is 4.35. The molecule has 0 atom stereocenters. The van der Waals surface area contributed by atoms with Crippen LogP contribution in [0.25, 0.3) is 0 Å². The Balaban J connectivity index is 3.58. The minimum atomic E-state index is 0.759. The topological polar surface area (TPSA) is 29.4 Å². The number of hydrogen-bond donors (Lipinski definition) is 0. The molecule has 0 bridgehead atoms. The quantitative estimate of drug-likeness (QED) is 0.385. The molecular weight excluding hydrogens is 174 g/mol. The van der Waals surface area contributed by atoms with Gasteiger partial charge in [-0.1, -0.05) is 45.6 Å². The molecule has 0 saturated carbocycles. The second kappa shape index (κ2) is 10.4. The monoisotopic (exact) mass is 197 g/mol. The van der Waals surface area contributed by atoms with Crippen LogP contribution in [0, 0.1) is 4.91 Å². The zero-order valence-electron chi connectivity index (χ0n) is 9.59. The molecule has 0 amide bonds. The van der Waals surface area contributed by atoms with Gasteiger partial charge in [0.2, 0.25) is 0 Å². The van der Waals surface area contributed by atoms with Crippen molar-refractivity contribution in [3.05, 3.63) is 16.7 Å². The molecule has 0 heterocycles. The Morgan fingerprint density at radius 2 is 1.71 bits per heavy atom. The molecular formula is C12H23NO. The summed E-state index contributed by atoms with van der Waals surface area (Å²) >= 11 is 0. The molecule has 0 N–H and O–H groups in total. The maximum Gasteiger partial charge on any atom is 0.0809 e. The average molecular weight is 197 g/mol. The summed E-state index contributed by atoms with van der Waals surface area (Å²) in [7, 11) is 0. The maximum absolute atomic E-state index is 10.4. The highest BCUT2D eigenvalue weighted by molar-refractivity contribution is 4.99. The second-order valence-electron chi connectivity index (χ2n) is 3.74. The molecule has 0 aliphatic rings. The van der Waals surface area contributed by atoms with Gasteiger partial charge < -0.3 is 0 Å². The standard InChI is InChI=1S/C12H23NO/c1-3-5-7-9-11-12(13-14)10-8-6-4-2/h11H,3-10H2,1-2H3. The number of nitrogens with zero attached hydrogens (tertiary/aromatic N) is 1. The molecule has 0 fully saturated rings. The normalized spacial score (nSPS) is 11.7. The first kappa shape index (κ1) is 13.3. The third-order valence-corrected chi connectivity index (χ3v) is 2.34. The molecule has 0 rings (SSSR count). The number of nitroso groups, excluding NO2 is 1. The first-order chi connectivity index (χ1) is 6.85. The SMILES string of the molecule is CCCCCC=C(CCCCC)N=O. The van der Waals surface area contributed by atoms with Gasteiger partial charge in [-0.05, 0) is 30.9 Å². The highest BCUT2D eigenvalue weighted by Crippen LogP contribution is 2.12. The lowest BCUT2D eigenvalue weighted by atomic mass is 10.1. The van der Waals surface area contributed by atoms with E-state index in [-0.39, 0.29) is 0 Å². The predicted octanol–water partition coefficient (Wildman–Crippen LogP) is 4.80. The van der Waals surface area contributed by atoms with Crippen LogP contribution >= 0.6 is 0 Å². The van der Waals surface area contributed by atoms with E-state index in [9.17, 15) is 4.91 Å². The lowest BCUT2D eigenvalue weighted by Crippen LogP contribution is -1.81. The van der Waals surface area contributed by atoms with E-state index in [0.717, 1.165) is 25.0 Å². The van der Waals surface area contributed by atoms with E-state index in [1.807, 2.05) is 6.08 Å². The van der Waals surface area contributed by atoms with Gasteiger partial charge in [-0.2, -0.15) is 0 Å². The molecule has 14 heavy (non-hydrogen) atoms. The Labute approximate surface area is 87.8 Å². The van der Waals surface area contributed by atoms with Gasteiger partial charge in [0.25, 0.3) is 0 Å². The highest BCUT2D eigenvalue weighted by Gasteiger charge is 1.96. The van der Waals surface area contributed by atoms with Crippen molar-refractivity contribution in [2.45, 2.75) is 65.2 Å². The Kier molecular flexibility index (Phi) is 9.93. The van der Waals surface area contributed by atoms with E-state index < -0.39 is 0 Å². The number of rotatable bonds is 9. The molecule has 0 aliphatic heterocycles. The van der Waals surface area contributed by atoms with Gasteiger partial charge in [-0.3, -0.25) is 0 Å². The molecule has 0 spiro atoms. The first-order valence-corrected chi connectivity index (χ1v) is 5.87. The van der Waals surface area contributed by atoms with Gasteiger partial charge in [0.1, 0.15) is 0 Å². The Morgan fingerprint density at radius 3 is 2.29 bits per heavy atom. The average Bonchev–Trinajstić information content (AvgIpc) is 2.22. The van der Waals surface area contributed by atoms with E-state index in [0.29, 0.717) is 0 Å². The zero-order chi connectivity index (χ0) is 10.6. The smallest absolute Gasteiger partial charge is 0.0809 e. The van der Waals surface area contributed by atoms with Crippen molar-refractivity contribution in [2.24, 2.45) is 5.18 Å². The van der Waals surface area contributed by atoms with Crippen LogP contribution in [-0.2, 0) is 0 Å². The largest absolute Gasteiger partial charge is 0.145 e. The van der Waals surface area contributed by atoms with E-state index >= 15 is 0 Å². The van der Waals surface area contributed by atoms with Crippen molar-refractivity contribution >= 4 is 0 Å². The van der Waals surface area contributed by atoms with Gasteiger partial charge in [-0.25, -0.2) is 0 Å². The van der Waals surface area contributed by atoms with Crippen molar-refractivity contribution in [1.29, 1.82) is 0 Å². The molecule has 0 saturated heterocycles. The van der Waals surface area contributed by atoms with Crippen LogP contribution in [-0.4, -0.2) is 0 Å². The van der Waals surface area contributed by atoms with E-state index in [1.165, 1.54) is 32.1 Å². The van der Waals surface area contributed by atoms with Crippen LogP contribution in [0.1, 0.15) is 65.2 Å². The van der Waals surface area contributed by atoms with Crippen molar-refractivity contribution in [2.75, 3.05) is 0 Å². The summed E-state index contributed by atoms with van der Waals surface area (Å²) in [5.74, 6) is 0. The van der Waals surface area contributed by atoms with Crippen LogP contribution < -0.4 is 0 Å². The van der Waals surface area contributed by atoms with Crippen LogP contribution in [0.15, 0.2) is 16.9 Å². The molecule has 0 unspecified atom stereocenters. The number of hydrogen-bond acceptors (Lipinski definition) is 2. The van der Waals surface area contributed by atoms with E-state index in [4.69, 9.17) is 0 Å². The van der Waals surface area contributed by atoms with Crippen LogP contribution in [0.5, 0.6) is 0 Å². The van der Waals surface area contributed by atoms with E-state index in [1.54, 1.807) is 0 Å². The Bertz CT molecular complexity index is 164. The minimum Gasteiger partial charge on any atom is -0.145 e. The number of unbranched alkanes of at least 4 members (excludes halogenated alkanes) is 5. The van der Waals surface area contributed by atoms with Crippen molar-refractivity contribution in [3.63, 3.8) is 0 Å². The van der Waals surface area contributed by atoms with Gasteiger partial charge in [0.15, 0.2) is 0 Å². The first-order valence-electron chi connectivity index (χ1n) is 5.87. The van der Waals surface area contributed by atoms with Gasteiger partial charge >= 0.3 is 0 Å². The fraction of sp³-hybridized carbons (Fsp3) is 0.833. The van der Waals surface area contributed by atoms with Crippen LogP contribution in [0.2, 0.25) is 0 Å². The van der Waals surface area contributed by atoms with E-state index in [2.05, 4.69) is 19.0 Å². The molecule has 0 aromatic carbocycles.